The highest BCUT2D eigenvalue weighted by atomic mass is 19.1. The van der Waals surface area contributed by atoms with Crippen LogP contribution in [0.2, 0.25) is 0 Å². The third-order valence-electron chi connectivity index (χ3n) is 3.75. The Morgan fingerprint density at radius 2 is 1.64 bits per heavy atom. The lowest BCUT2D eigenvalue weighted by molar-refractivity contribution is 0.0963. The van der Waals surface area contributed by atoms with Crippen LogP contribution in [-0.4, -0.2) is 32.5 Å². The molecule has 0 saturated heterocycles. The lowest BCUT2D eigenvalue weighted by Crippen LogP contribution is -2.37. The molecule has 0 unspecified atom stereocenters. The van der Waals surface area contributed by atoms with Crippen molar-refractivity contribution in [3.63, 3.8) is 0 Å². The highest BCUT2D eigenvalue weighted by Crippen LogP contribution is 2.04. The van der Waals surface area contributed by atoms with E-state index in [1.54, 1.807) is 38.4 Å². The van der Waals surface area contributed by atoms with E-state index in [-0.39, 0.29) is 11.7 Å². The van der Waals surface area contributed by atoms with Crippen LogP contribution in [0.5, 0.6) is 0 Å². The van der Waals surface area contributed by atoms with Crippen LogP contribution in [0.3, 0.4) is 0 Å². The second-order valence-electron chi connectivity index (χ2n) is 5.51. The Kier molecular flexibility index (Phi) is 6.95. The van der Waals surface area contributed by atoms with Crippen molar-refractivity contribution in [2.24, 2.45) is 4.99 Å². The van der Waals surface area contributed by atoms with E-state index in [0.717, 1.165) is 17.5 Å². The number of nitrogens with one attached hydrogen (secondary N) is 3. The zero-order chi connectivity index (χ0) is 18.1. The minimum absolute atomic E-state index is 0.0993. The Bertz CT molecular complexity index is 711. The molecule has 3 N–H and O–H groups in total. The average Bonchev–Trinajstić information content (AvgIpc) is 2.65. The number of hydrogen-bond acceptors (Lipinski definition) is 2. The van der Waals surface area contributed by atoms with E-state index in [9.17, 15) is 9.18 Å². The number of aliphatic imine (C=N–C) groups is 1. The monoisotopic (exact) mass is 342 g/mol. The Balaban J connectivity index is 1.78. The van der Waals surface area contributed by atoms with Crippen molar-refractivity contribution in [2.75, 3.05) is 20.6 Å². The fourth-order valence-electron chi connectivity index (χ4n) is 2.30. The number of benzene rings is 2. The van der Waals surface area contributed by atoms with Crippen LogP contribution in [-0.2, 0) is 13.0 Å². The average molecular weight is 342 g/mol. The van der Waals surface area contributed by atoms with Crippen LogP contribution in [0.1, 0.15) is 21.5 Å². The van der Waals surface area contributed by atoms with E-state index in [4.69, 9.17) is 0 Å². The molecule has 2 aromatic carbocycles. The fourth-order valence-corrected chi connectivity index (χ4v) is 2.30. The normalized spacial score (nSPS) is 11.1. The van der Waals surface area contributed by atoms with Crippen molar-refractivity contribution in [3.8, 4) is 0 Å². The molecular formula is C19H23FN4O. The molecule has 6 heteroatoms. The molecule has 25 heavy (non-hydrogen) atoms. The van der Waals surface area contributed by atoms with Gasteiger partial charge in [0.05, 0.1) is 0 Å². The van der Waals surface area contributed by atoms with Gasteiger partial charge in [-0.05, 0) is 41.8 Å². The van der Waals surface area contributed by atoms with Crippen molar-refractivity contribution >= 4 is 11.9 Å². The Labute approximate surface area is 147 Å². The third kappa shape index (κ3) is 5.91. The summed E-state index contributed by atoms with van der Waals surface area (Å²) in [4.78, 5) is 15.7. The second-order valence-corrected chi connectivity index (χ2v) is 5.51. The summed E-state index contributed by atoms with van der Waals surface area (Å²) in [5.74, 6) is 0.367. The molecule has 0 atom stereocenters. The quantitative estimate of drug-likeness (QED) is 0.556. The molecule has 1 amide bonds. The van der Waals surface area contributed by atoms with Crippen LogP contribution in [0.25, 0.3) is 0 Å². The number of guanidine groups is 1. The van der Waals surface area contributed by atoms with Gasteiger partial charge < -0.3 is 16.0 Å². The summed E-state index contributed by atoms with van der Waals surface area (Å²) in [5.41, 5.74) is 2.75. The number of rotatable bonds is 6. The summed E-state index contributed by atoms with van der Waals surface area (Å²) in [6.45, 7) is 1.30. The highest BCUT2D eigenvalue weighted by molar-refractivity contribution is 5.93. The summed E-state index contributed by atoms with van der Waals surface area (Å²) < 4.78 is 12.9. The van der Waals surface area contributed by atoms with Gasteiger partial charge in [-0.15, -0.1) is 0 Å². The summed E-state index contributed by atoms with van der Waals surface area (Å²) in [6, 6.07) is 13.9. The first-order valence-electron chi connectivity index (χ1n) is 8.12. The molecule has 0 saturated carbocycles. The van der Waals surface area contributed by atoms with Crippen molar-refractivity contribution in [1.82, 2.24) is 16.0 Å². The van der Waals surface area contributed by atoms with Gasteiger partial charge in [0.15, 0.2) is 5.96 Å². The lowest BCUT2D eigenvalue weighted by atomic mass is 10.1. The first-order valence-corrected chi connectivity index (χ1v) is 8.12. The van der Waals surface area contributed by atoms with Crippen molar-refractivity contribution < 1.29 is 9.18 Å². The largest absolute Gasteiger partial charge is 0.356 e. The number of amides is 1. The molecule has 0 aliphatic heterocycles. The molecule has 0 heterocycles. The zero-order valence-corrected chi connectivity index (χ0v) is 14.5. The molecular weight excluding hydrogens is 319 g/mol. The summed E-state index contributed by atoms with van der Waals surface area (Å²) >= 11 is 0. The number of carbonyl (C=O) groups is 1. The van der Waals surface area contributed by atoms with Gasteiger partial charge in [0.1, 0.15) is 5.82 Å². The van der Waals surface area contributed by atoms with Gasteiger partial charge >= 0.3 is 0 Å². The van der Waals surface area contributed by atoms with Gasteiger partial charge in [-0.2, -0.15) is 0 Å². The molecule has 0 fully saturated rings. The predicted molar refractivity (Wildman–Crippen MR) is 98.1 cm³/mol. The molecule has 0 bridgehead atoms. The summed E-state index contributed by atoms with van der Waals surface area (Å²) in [5, 5.41) is 9.04. The molecule has 2 rings (SSSR count). The van der Waals surface area contributed by atoms with Crippen LogP contribution in [0.15, 0.2) is 53.5 Å². The maximum Gasteiger partial charge on any atom is 0.251 e. The van der Waals surface area contributed by atoms with Crippen LogP contribution in [0.4, 0.5) is 4.39 Å². The van der Waals surface area contributed by atoms with Crippen LogP contribution in [0, 0.1) is 5.82 Å². The van der Waals surface area contributed by atoms with Gasteiger partial charge in [-0.1, -0.05) is 24.3 Å². The van der Waals surface area contributed by atoms with Gasteiger partial charge in [-0.3, -0.25) is 9.79 Å². The van der Waals surface area contributed by atoms with Gasteiger partial charge in [0, 0.05) is 32.7 Å². The highest BCUT2D eigenvalue weighted by Gasteiger charge is 2.03. The zero-order valence-electron chi connectivity index (χ0n) is 14.5. The number of carbonyl (C=O) groups excluding carboxylic acids is 1. The molecule has 0 spiro atoms. The van der Waals surface area contributed by atoms with Crippen LogP contribution >= 0.6 is 0 Å². The fraction of sp³-hybridized carbons (Fsp3) is 0.263. The van der Waals surface area contributed by atoms with E-state index in [2.05, 4.69) is 20.9 Å². The maximum absolute atomic E-state index is 12.9. The molecule has 132 valence electrons. The summed E-state index contributed by atoms with van der Waals surface area (Å²) in [7, 11) is 3.32. The number of hydrogen-bond donors (Lipinski definition) is 3. The number of nitrogens with zero attached hydrogens (tertiary/aromatic N) is 1. The van der Waals surface area contributed by atoms with Gasteiger partial charge in [0.25, 0.3) is 5.91 Å². The van der Waals surface area contributed by atoms with E-state index in [1.807, 2.05) is 12.1 Å². The second kappa shape index (κ2) is 9.42. The third-order valence-corrected chi connectivity index (χ3v) is 3.75. The maximum atomic E-state index is 12.9. The lowest BCUT2D eigenvalue weighted by Gasteiger charge is -2.12. The van der Waals surface area contributed by atoms with Crippen LogP contribution < -0.4 is 16.0 Å². The van der Waals surface area contributed by atoms with E-state index < -0.39 is 0 Å². The van der Waals surface area contributed by atoms with E-state index in [0.29, 0.717) is 24.6 Å². The summed E-state index contributed by atoms with van der Waals surface area (Å²) in [6.07, 6.45) is 0.780. The molecule has 5 nitrogen and oxygen atoms in total. The first-order chi connectivity index (χ1) is 12.1. The van der Waals surface area contributed by atoms with Crippen molar-refractivity contribution in [2.45, 2.75) is 13.0 Å². The molecule has 0 aliphatic rings. The molecule has 2 aromatic rings. The Morgan fingerprint density at radius 1 is 1.00 bits per heavy atom. The Morgan fingerprint density at radius 3 is 2.24 bits per heavy atom. The minimum Gasteiger partial charge on any atom is -0.356 e. The SMILES string of the molecule is CN=C(NCCc1ccc(F)cc1)NCc1ccc(C(=O)NC)cc1. The van der Waals surface area contributed by atoms with E-state index in [1.165, 1.54) is 12.1 Å². The number of halogens is 1. The van der Waals surface area contributed by atoms with Crippen molar-refractivity contribution in [1.29, 1.82) is 0 Å². The van der Waals surface area contributed by atoms with Gasteiger partial charge in [0.2, 0.25) is 0 Å². The molecule has 0 aromatic heterocycles. The molecule has 0 aliphatic carbocycles. The Hall–Kier alpha value is -2.89. The topological polar surface area (TPSA) is 65.5 Å². The standard InChI is InChI=1S/C19H23FN4O/c1-21-18(25)16-7-3-15(4-8-16)13-24-19(22-2)23-12-11-14-5-9-17(20)10-6-14/h3-10H,11-13H2,1-2H3,(H,21,25)(H2,22,23,24). The van der Waals surface area contributed by atoms with Crippen molar-refractivity contribution in [3.05, 3.63) is 71.0 Å². The first kappa shape index (κ1) is 18.4. The minimum atomic E-state index is -0.225. The smallest absolute Gasteiger partial charge is 0.251 e. The van der Waals surface area contributed by atoms with E-state index >= 15 is 0 Å². The predicted octanol–water partition coefficient (Wildman–Crippen LogP) is 2.09. The molecule has 0 radical (unpaired) electrons. The van der Waals surface area contributed by atoms with Gasteiger partial charge in [-0.25, -0.2) is 4.39 Å².